The zero-order valence-corrected chi connectivity index (χ0v) is 16.9. The Hall–Kier alpha value is -1.84. The predicted molar refractivity (Wildman–Crippen MR) is 111 cm³/mol. The Labute approximate surface area is 163 Å². The first-order valence-corrected chi connectivity index (χ1v) is 10.2. The Bertz CT molecular complexity index is 727. The molecule has 2 N–H and O–H groups in total. The lowest BCUT2D eigenvalue weighted by Gasteiger charge is -2.46. The van der Waals surface area contributed by atoms with Crippen LogP contribution in [-0.4, -0.2) is 23.9 Å². The van der Waals surface area contributed by atoms with Crippen molar-refractivity contribution in [3.05, 3.63) is 65.2 Å². The molecule has 0 radical (unpaired) electrons. The summed E-state index contributed by atoms with van der Waals surface area (Å²) < 4.78 is 6.28. The van der Waals surface area contributed by atoms with Crippen molar-refractivity contribution in [2.24, 2.45) is 5.92 Å². The van der Waals surface area contributed by atoms with Crippen LogP contribution in [-0.2, 0) is 11.3 Å². The number of aromatic hydroxyl groups is 1. The molecule has 1 fully saturated rings. The van der Waals surface area contributed by atoms with Crippen LogP contribution in [0.15, 0.2) is 48.5 Å². The van der Waals surface area contributed by atoms with E-state index in [1.807, 2.05) is 18.2 Å². The van der Waals surface area contributed by atoms with E-state index in [-0.39, 0.29) is 5.60 Å². The van der Waals surface area contributed by atoms with Gasteiger partial charge in [0, 0.05) is 24.6 Å². The molecule has 3 unspecified atom stereocenters. The average molecular weight is 368 g/mol. The summed E-state index contributed by atoms with van der Waals surface area (Å²) in [6.07, 6.45) is 3.24. The quantitative estimate of drug-likeness (QED) is 0.664. The SMILES string of the molecule is CCC1(C)OCCC(CCNCc2ccccc2O)C1c1ccc(C)cc1. The molecule has 3 nitrogen and oxygen atoms in total. The van der Waals surface area contributed by atoms with Crippen molar-refractivity contribution in [3.8, 4) is 5.75 Å². The van der Waals surface area contributed by atoms with E-state index in [1.165, 1.54) is 11.1 Å². The molecule has 1 aliphatic heterocycles. The number of aryl methyl sites for hydroxylation is 1. The summed E-state index contributed by atoms with van der Waals surface area (Å²) in [5.41, 5.74) is 3.55. The number of phenols is 1. The van der Waals surface area contributed by atoms with Crippen LogP contribution in [0.3, 0.4) is 0 Å². The summed E-state index contributed by atoms with van der Waals surface area (Å²) in [4.78, 5) is 0. The normalized spacial score (nSPS) is 25.4. The second-order valence-corrected chi connectivity index (χ2v) is 8.05. The number of benzene rings is 2. The molecule has 0 spiro atoms. The van der Waals surface area contributed by atoms with Gasteiger partial charge in [0.25, 0.3) is 0 Å². The molecule has 3 heteroatoms. The summed E-state index contributed by atoms with van der Waals surface area (Å²) in [5.74, 6) is 1.39. The molecule has 0 amide bonds. The van der Waals surface area contributed by atoms with E-state index in [0.29, 0.717) is 24.1 Å². The van der Waals surface area contributed by atoms with Crippen molar-refractivity contribution in [1.82, 2.24) is 5.32 Å². The number of phenolic OH excluding ortho intramolecular Hbond substituents is 1. The van der Waals surface area contributed by atoms with Crippen LogP contribution >= 0.6 is 0 Å². The highest BCUT2D eigenvalue weighted by molar-refractivity contribution is 5.31. The first kappa shape index (κ1) is 19.9. The first-order valence-electron chi connectivity index (χ1n) is 10.2. The lowest BCUT2D eigenvalue weighted by Crippen LogP contribution is -2.45. The van der Waals surface area contributed by atoms with E-state index in [9.17, 15) is 5.11 Å². The lowest BCUT2D eigenvalue weighted by molar-refractivity contribution is -0.107. The Kier molecular flexibility index (Phi) is 6.56. The predicted octanol–water partition coefficient (Wildman–Crippen LogP) is 5.17. The second kappa shape index (κ2) is 8.90. The highest BCUT2D eigenvalue weighted by atomic mass is 16.5. The van der Waals surface area contributed by atoms with Gasteiger partial charge in [-0.3, -0.25) is 0 Å². The largest absolute Gasteiger partial charge is 0.508 e. The third kappa shape index (κ3) is 4.72. The van der Waals surface area contributed by atoms with Crippen LogP contribution in [0.25, 0.3) is 0 Å². The van der Waals surface area contributed by atoms with Crippen molar-refractivity contribution < 1.29 is 9.84 Å². The minimum atomic E-state index is -0.101. The van der Waals surface area contributed by atoms with E-state index in [0.717, 1.165) is 38.0 Å². The number of para-hydroxylation sites is 1. The number of nitrogens with one attached hydrogen (secondary N) is 1. The molecule has 3 rings (SSSR count). The summed E-state index contributed by atoms with van der Waals surface area (Å²) in [6, 6.07) is 16.5. The molecule has 2 aromatic carbocycles. The lowest BCUT2D eigenvalue weighted by atomic mass is 9.69. The van der Waals surface area contributed by atoms with Crippen LogP contribution in [0.2, 0.25) is 0 Å². The van der Waals surface area contributed by atoms with Crippen LogP contribution in [0.1, 0.15) is 55.7 Å². The second-order valence-electron chi connectivity index (χ2n) is 8.05. The molecule has 0 aromatic heterocycles. The maximum absolute atomic E-state index is 9.92. The van der Waals surface area contributed by atoms with E-state index in [2.05, 4.69) is 50.4 Å². The number of hydrogen-bond donors (Lipinski definition) is 2. The Morgan fingerprint density at radius 2 is 1.89 bits per heavy atom. The topological polar surface area (TPSA) is 41.5 Å². The number of ether oxygens (including phenoxy) is 1. The van der Waals surface area contributed by atoms with Gasteiger partial charge in [-0.2, -0.15) is 0 Å². The van der Waals surface area contributed by atoms with Crippen molar-refractivity contribution in [2.75, 3.05) is 13.2 Å². The fraction of sp³-hybridized carbons (Fsp3) is 0.500. The summed E-state index contributed by atoms with van der Waals surface area (Å²) in [6.45, 7) is 9.15. The van der Waals surface area contributed by atoms with Gasteiger partial charge in [0.15, 0.2) is 0 Å². The molecule has 1 heterocycles. The minimum absolute atomic E-state index is 0.101. The molecule has 0 aliphatic carbocycles. The summed E-state index contributed by atoms with van der Waals surface area (Å²) in [5, 5.41) is 13.4. The van der Waals surface area contributed by atoms with Gasteiger partial charge in [-0.1, -0.05) is 55.0 Å². The molecule has 1 aliphatic rings. The molecule has 27 heavy (non-hydrogen) atoms. The fourth-order valence-electron chi connectivity index (χ4n) is 4.40. The van der Waals surface area contributed by atoms with Crippen LogP contribution in [0.5, 0.6) is 5.75 Å². The molecule has 0 bridgehead atoms. The van der Waals surface area contributed by atoms with Gasteiger partial charge in [0.05, 0.1) is 5.60 Å². The maximum atomic E-state index is 9.92. The zero-order chi connectivity index (χ0) is 19.3. The highest BCUT2D eigenvalue weighted by Gasteiger charge is 2.42. The van der Waals surface area contributed by atoms with Gasteiger partial charge in [-0.25, -0.2) is 0 Å². The molecule has 146 valence electrons. The Balaban J connectivity index is 1.66. The zero-order valence-electron chi connectivity index (χ0n) is 16.9. The minimum Gasteiger partial charge on any atom is -0.508 e. The van der Waals surface area contributed by atoms with Crippen molar-refractivity contribution in [1.29, 1.82) is 0 Å². The average Bonchev–Trinajstić information content (AvgIpc) is 2.67. The van der Waals surface area contributed by atoms with Crippen molar-refractivity contribution in [3.63, 3.8) is 0 Å². The smallest absolute Gasteiger partial charge is 0.120 e. The van der Waals surface area contributed by atoms with E-state index >= 15 is 0 Å². The number of hydrogen-bond acceptors (Lipinski definition) is 3. The third-order valence-electron chi connectivity index (χ3n) is 6.19. The van der Waals surface area contributed by atoms with Gasteiger partial charge in [-0.05, 0) is 57.2 Å². The van der Waals surface area contributed by atoms with Gasteiger partial charge >= 0.3 is 0 Å². The monoisotopic (exact) mass is 367 g/mol. The molecule has 1 saturated heterocycles. The number of rotatable bonds is 7. The third-order valence-corrected chi connectivity index (χ3v) is 6.19. The van der Waals surface area contributed by atoms with Gasteiger partial charge in [0.1, 0.15) is 5.75 Å². The van der Waals surface area contributed by atoms with E-state index in [1.54, 1.807) is 6.07 Å². The van der Waals surface area contributed by atoms with Gasteiger partial charge in [-0.15, -0.1) is 0 Å². The molecule has 2 aromatic rings. The Morgan fingerprint density at radius 3 is 2.59 bits per heavy atom. The van der Waals surface area contributed by atoms with Gasteiger partial charge in [0.2, 0.25) is 0 Å². The molecular weight excluding hydrogens is 334 g/mol. The summed E-state index contributed by atoms with van der Waals surface area (Å²) >= 11 is 0. The highest BCUT2D eigenvalue weighted by Crippen LogP contribution is 2.45. The molecule has 0 saturated carbocycles. The van der Waals surface area contributed by atoms with Crippen molar-refractivity contribution >= 4 is 0 Å². The maximum Gasteiger partial charge on any atom is 0.120 e. The van der Waals surface area contributed by atoms with Crippen molar-refractivity contribution in [2.45, 2.75) is 58.1 Å². The molecular formula is C24H33NO2. The molecule has 3 atom stereocenters. The first-order chi connectivity index (χ1) is 13.0. The standard InChI is InChI=1S/C24H33NO2/c1-4-24(3)23(19-11-9-18(2)10-12-19)20(14-16-27-24)13-15-25-17-21-7-5-6-8-22(21)26/h5-12,20,23,25-26H,4,13-17H2,1-3H3. The van der Waals surface area contributed by atoms with E-state index < -0.39 is 0 Å². The fourth-order valence-corrected chi connectivity index (χ4v) is 4.40. The van der Waals surface area contributed by atoms with Crippen LogP contribution < -0.4 is 5.32 Å². The Morgan fingerprint density at radius 1 is 1.15 bits per heavy atom. The van der Waals surface area contributed by atoms with E-state index in [4.69, 9.17) is 4.74 Å². The van der Waals surface area contributed by atoms with Gasteiger partial charge < -0.3 is 15.2 Å². The van der Waals surface area contributed by atoms with Crippen LogP contribution in [0.4, 0.5) is 0 Å². The van der Waals surface area contributed by atoms with Crippen LogP contribution in [0, 0.1) is 12.8 Å². The summed E-state index contributed by atoms with van der Waals surface area (Å²) in [7, 11) is 0.